The van der Waals surface area contributed by atoms with Crippen LogP contribution in [0.25, 0.3) is 0 Å². The standard InChI is InChI=1S/C28H35N5O4/c1-31-12-14-32(15-13-31)21-9-7-20(8-10-21)30-27(34)6-4-16-37-26-18-24-23(17-25(26)36-2)28(35)33-11-3-5-22(33)19-29-24/h7-10,17-19,22H,3-6,11-16H2,1-2H3,(H,30,34)/t22-/m0/s1. The first-order chi connectivity index (χ1) is 18.0. The number of carbonyl (C=O) groups is 2. The molecule has 9 nitrogen and oxygen atoms in total. The number of anilines is 2. The third-order valence-electron chi connectivity index (χ3n) is 7.28. The van der Waals surface area contributed by atoms with Gasteiger partial charge in [0.15, 0.2) is 11.5 Å². The van der Waals surface area contributed by atoms with E-state index in [1.54, 1.807) is 19.2 Å². The zero-order chi connectivity index (χ0) is 25.8. The van der Waals surface area contributed by atoms with Gasteiger partial charge in [0.05, 0.1) is 31.0 Å². The Kier molecular flexibility index (Phi) is 7.60. The molecule has 2 fully saturated rings. The molecule has 3 heterocycles. The number of ether oxygens (including phenoxy) is 2. The molecular formula is C28H35N5O4. The molecule has 37 heavy (non-hydrogen) atoms. The maximum Gasteiger partial charge on any atom is 0.256 e. The summed E-state index contributed by atoms with van der Waals surface area (Å²) in [5, 5.41) is 2.97. The number of aliphatic imine (C=N–C) groups is 1. The van der Waals surface area contributed by atoms with E-state index in [9.17, 15) is 9.59 Å². The zero-order valence-corrected chi connectivity index (χ0v) is 21.6. The van der Waals surface area contributed by atoms with E-state index in [0.29, 0.717) is 42.2 Å². The third-order valence-corrected chi connectivity index (χ3v) is 7.28. The molecule has 196 valence electrons. The van der Waals surface area contributed by atoms with Gasteiger partial charge in [-0.05, 0) is 56.6 Å². The minimum absolute atomic E-state index is 0.0203. The second-order valence-electron chi connectivity index (χ2n) is 9.84. The molecule has 2 amide bonds. The number of rotatable bonds is 8. The molecule has 2 aromatic carbocycles. The van der Waals surface area contributed by atoms with Gasteiger partial charge in [-0.2, -0.15) is 0 Å². The van der Waals surface area contributed by atoms with Gasteiger partial charge in [-0.3, -0.25) is 14.6 Å². The lowest BCUT2D eigenvalue weighted by Crippen LogP contribution is -2.44. The van der Waals surface area contributed by atoms with E-state index in [1.165, 1.54) is 5.69 Å². The van der Waals surface area contributed by atoms with Crippen LogP contribution in [0.2, 0.25) is 0 Å². The molecule has 2 saturated heterocycles. The summed E-state index contributed by atoms with van der Waals surface area (Å²) in [6.45, 7) is 5.23. The monoisotopic (exact) mass is 505 g/mol. The lowest BCUT2D eigenvalue weighted by molar-refractivity contribution is -0.116. The van der Waals surface area contributed by atoms with Gasteiger partial charge in [-0.1, -0.05) is 0 Å². The van der Waals surface area contributed by atoms with Crippen LogP contribution in [0.15, 0.2) is 41.4 Å². The van der Waals surface area contributed by atoms with Crippen LogP contribution < -0.4 is 19.7 Å². The Labute approximate surface area is 218 Å². The summed E-state index contributed by atoms with van der Waals surface area (Å²) in [6.07, 6.45) is 4.66. The Morgan fingerprint density at radius 1 is 1.08 bits per heavy atom. The largest absolute Gasteiger partial charge is 0.493 e. The summed E-state index contributed by atoms with van der Waals surface area (Å²) < 4.78 is 11.4. The normalized spacial score (nSPS) is 19.3. The molecule has 0 saturated carbocycles. The van der Waals surface area contributed by atoms with Crippen molar-refractivity contribution in [3.05, 3.63) is 42.0 Å². The molecule has 0 unspecified atom stereocenters. The van der Waals surface area contributed by atoms with E-state index in [2.05, 4.69) is 39.3 Å². The van der Waals surface area contributed by atoms with E-state index < -0.39 is 0 Å². The van der Waals surface area contributed by atoms with Crippen LogP contribution in [0.1, 0.15) is 36.0 Å². The maximum atomic E-state index is 13.0. The summed E-state index contributed by atoms with van der Waals surface area (Å²) >= 11 is 0. The van der Waals surface area contributed by atoms with Crippen molar-refractivity contribution in [3.63, 3.8) is 0 Å². The van der Waals surface area contributed by atoms with Crippen LogP contribution in [0.4, 0.5) is 17.1 Å². The van der Waals surface area contributed by atoms with Crippen LogP contribution in [0.5, 0.6) is 11.5 Å². The topological polar surface area (TPSA) is 86.7 Å². The Morgan fingerprint density at radius 3 is 2.62 bits per heavy atom. The predicted molar refractivity (Wildman–Crippen MR) is 145 cm³/mol. The molecule has 1 N–H and O–H groups in total. The minimum atomic E-state index is -0.0550. The Balaban J connectivity index is 1.12. The molecule has 1 atom stereocenters. The van der Waals surface area contributed by atoms with Gasteiger partial charge < -0.3 is 29.5 Å². The van der Waals surface area contributed by atoms with Crippen molar-refractivity contribution in [2.75, 3.05) is 63.7 Å². The van der Waals surface area contributed by atoms with Gasteiger partial charge in [0.25, 0.3) is 5.91 Å². The van der Waals surface area contributed by atoms with Crippen LogP contribution in [-0.2, 0) is 4.79 Å². The zero-order valence-electron chi connectivity index (χ0n) is 21.6. The summed E-state index contributed by atoms with van der Waals surface area (Å²) in [4.78, 5) is 36.6. The fraction of sp³-hybridized carbons (Fsp3) is 0.464. The van der Waals surface area contributed by atoms with Crippen molar-refractivity contribution < 1.29 is 19.1 Å². The number of likely N-dealkylation sites (N-methyl/N-ethyl adjacent to an activating group) is 1. The summed E-state index contributed by atoms with van der Waals surface area (Å²) in [6, 6.07) is 11.6. The second-order valence-corrected chi connectivity index (χ2v) is 9.84. The van der Waals surface area contributed by atoms with Crippen molar-refractivity contribution in [2.24, 2.45) is 4.99 Å². The van der Waals surface area contributed by atoms with Crippen LogP contribution in [0.3, 0.4) is 0 Å². The maximum absolute atomic E-state index is 13.0. The Hall–Kier alpha value is -3.59. The van der Waals surface area contributed by atoms with E-state index in [-0.39, 0.29) is 17.9 Å². The number of nitrogens with one attached hydrogen (secondary N) is 1. The van der Waals surface area contributed by atoms with Crippen molar-refractivity contribution >= 4 is 35.1 Å². The van der Waals surface area contributed by atoms with Gasteiger partial charge in [0.1, 0.15) is 0 Å². The highest BCUT2D eigenvalue weighted by molar-refractivity contribution is 6.03. The molecule has 0 aromatic heterocycles. The quantitative estimate of drug-likeness (QED) is 0.552. The minimum Gasteiger partial charge on any atom is -0.493 e. The molecule has 3 aliphatic rings. The highest BCUT2D eigenvalue weighted by Gasteiger charge is 2.32. The third kappa shape index (κ3) is 5.72. The smallest absolute Gasteiger partial charge is 0.256 e. The van der Waals surface area contributed by atoms with Gasteiger partial charge >= 0.3 is 0 Å². The number of piperazine rings is 1. The molecule has 0 bridgehead atoms. The first kappa shape index (κ1) is 25.1. The molecule has 5 rings (SSSR count). The molecule has 3 aliphatic heterocycles. The van der Waals surface area contributed by atoms with Gasteiger partial charge in [0.2, 0.25) is 5.91 Å². The van der Waals surface area contributed by atoms with Crippen LogP contribution >= 0.6 is 0 Å². The average Bonchev–Trinajstić information content (AvgIpc) is 3.34. The van der Waals surface area contributed by atoms with Crippen molar-refractivity contribution in [3.8, 4) is 11.5 Å². The van der Waals surface area contributed by atoms with Crippen LogP contribution in [-0.4, -0.2) is 87.4 Å². The SMILES string of the molecule is COc1cc2c(cc1OCCCC(=O)Nc1ccc(N3CCN(C)CC3)cc1)N=C[C@@H]1CCCN1C2=O. The highest BCUT2D eigenvalue weighted by atomic mass is 16.5. The average molecular weight is 506 g/mol. The van der Waals surface area contributed by atoms with E-state index in [4.69, 9.17) is 9.47 Å². The fourth-order valence-corrected chi connectivity index (χ4v) is 5.08. The molecule has 9 heteroatoms. The number of amides is 2. The number of hydrogen-bond acceptors (Lipinski definition) is 7. The van der Waals surface area contributed by atoms with E-state index >= 15 is 0 Å². The Bertz CT molecular complexity index is 1160. The summed E-state index contributed by atoms with van der Waals surface area (Å²) in [5.41, 5.74) is 3.09. The lowest BCUT2D eigenvalue weighted by atomic mass is 10.1. The molecule has 2 aromatic rings. The van der Waals surface area contributed by atoms with Crippen molar-refractivity contribution in [1.82, 2.24) is 9.80 Å². The van der Waals surface area contributed by atoms with E-state index in [0.717, 1.165) is 51.3 Å². The van der Waals surface area contributed by atoms with Crippen LogP contribution in [0, 0.1) is 0 Å². The molecule has 0 spiro atoms. The molecule has 0 radical (unpaired) electrons. The fourth-order valence-electron chi connectivity index (χ4n) is 5.08. The van der Waals surface area contributed by atoms with E-state index in [1.807, 2.05) is 23.2 Å². The van der Waals surface area contributed by atoms with Crippen molar-refractivity contribution in [2.45, 2.75) is 31.7 Å². The first-order valence-corrected chi connectivity index (χ1v) is 13.1. The van der Waals surface area contributed by atoms with Gasteiger partial charge in [-0.25, -0.2) is 0 Å². The summed E-state index contributed by atoms with van der Waals surface area (Å²) in [7, 11) is 3.70. The number of carbonyl (C=O) groups excluding carboxylic acids is 2. The highest BCUT2D eigenvalue weighted by Crippen LogP contribution is 2.38. The Morgan fingerprint density at radius 2 is 1.86 bits per heavy atom. The number of benzene rings is 2. The summed E-state index contributed by atoms with van der Waals surface area (Å²) in [5.74, 6) is 0.937. The molecular weight excluding hydrogens is 470 g/mol. The predicted octanol–water partition coefficient (Wildman–Crippen LogP) is 3.57. The molecule has 0 aliphatic carbocycles. The number of methoxy groups -OCH3 is 1. The lowest BCUT2D eigenvalue weighted by Gasteiger charge is -2.34. The second kappa shape index (κ2) is 11.2. The van der Waals surface area contributed by atoms with Crippen molar-refractivity contribution in [1.29, 1.82) is 0 Å². The first-order valence-electron chi connectivity index (χ1n) is 13.1. The number of nitrogens with zero attached hydrogens (tertiary/aromatic N) is 4. The number of fused-ring (bicyclic) bond motifs is 2. The number of hydrogen-bond donors (Lipinski definition) is 1. The van der Waals surface area contributed by atoms with Gasteiger partial charge in [0, 0.05) is 62.8 Å². The van der Waals surface area contributed by atoms with Gasteiger partial charge in [-0.15, -0.1) is 0 Å².